The van der Waals surface area contributed by atoms with Crippen molar-refractivity contribution in [1.82, 2.24) is 10.6 Å². The number of anilines is 1. The van der Waals surface area contributed by atoms with Crippen LogP contribution in [0.2, 0.25) is 0 Å². The highest BCUT2D eigenvalue weighted by Gasteiger charge is 2.10. The Morgan fingerprint density at radius 3 is 1.81 bits per heavy atom. The number of carbonyl (C=O) groups excluding carboxylic acids is 2. The van der Waals surface area contributed by atoms with Gasteiger partial charge >= 0.3 is 0 Å². The van der Waals surface area contributed by atoms with E-state index in [-0.39, 0.29) is 11.8 Å². The Morgan fingerprint density at radius 1 is 0.905 bits per heavy atom. The normalized spacial score (nSPS) is 10.0. The van der Waals surface area contributed by atoms with Crippen molar-refractivity contribution in [2.75, 3.05) is 31.1 Å². The highest BCUT2D eigenvalue weighted by atomic mass is 16.2. The lowest BCUT2D eigenvalue weighted by Gasteiger charge is -2.24. The van der Waals surface area contributed by atoms with Crippen LogP contribution < -0.4 is 15.5 Å². The average molecular weight is 291 g/mol. The fourth-order valence-corrected chi connectivity index (χ4v) is 2.05. The van der Waals surface area contributed by atoms with Gasteiger partial charge in [-0.1, -0.05) is 18.2 Å². The third kappa shape index (κ3) is 6.79. The van der Waals surface area contributed by atoms with Gasteiger partial charge in [-0.2, -0.15) is 0 Å². The summed E-state index contributed by atoms with van der Waals surface area (Å²) in [5.74, 6) is 0.0767. The highest BCUT2D eigenvalue weighted by molar-refractivity contribution is 5.77. The standard InChI is InChI=1S/C16H25N3O2/c1-3-17-15(20)10-12-19(13-11-16(21)18-4-2)14-8-6-5-7-9-14/h5-9H,3-4,10-13H2,1-2H3,(H,17,20)(H,18,21). The van der Waals surface area contributed by atoms with Crippen LogP contribution in [0.1, 0.15) is 26.7 Å². The quantitative estimate of drug-likeness (QED) is 0.725. The van der Waals surface area contributed by atoms with Gasteiger partial charge in [0.15, 0.2) is 0 Å². The molecule has 0 saturated heterocycles. The van der Waals surface area contributed by atoms with Gasteiger partial charge < -0.3 is 15.5 Å². The summed E-state index contributed by atoms with van der Waals surface area (Å²) in [5, 5.41) is 5.59. The van der Waals surface area contributed by atoms with E-state index in [4.69, 9.17) is 0 Å². The lowest BCUT2D eigenvalue weighted by Crippen LogP contribution is -2.34. The predicted molar refractivity (Wildman–Crippen MR) is 85.3 cm³/mol. The molecule has 0 fully saturated rings. The number of carbonyl (C=O) groups is 2. The fourth-order valence-electron chi connectivity index (χ4n) is 2.05. The number of nitrogens with one attached hydrogen (secondary N) is 2. The molecule has 5 heteroatoms. The van der Waals surface area contributed by atoms with Crippen LogP contribution in [-0.2, 0) is 9.59 Å². The second-order valence-electron chi connectivity index (χ2n) is 4.73. The summed E-state index contributed by atoms with van der Waals surface area (Å²) in [4.78, 5) is 25.3. The third-order valence-corrected chi connectivity index (χ3v) is 3.09. The largest absolute Gasteiger partial charge is 0.370 e. The molecule has 21 heavy (non-hydrogen) atoms. The Morgan fingerprint density at radius 2 is 1.38 bits per heavy atom. The van der Waals surface area contributed by atoms with Gasteiger partial charge in [0.1, 0.15) is 0 Å². The van der Waals surface area contributed by atoms with Gasteiger partial charge in [-0.25, -0.2) is 0 Å². The summed E-state index contributed by atoms with van der Waals surface area (Å²) in [5.41, 5.74) is 1.03. The minimum Gasteiger partial charge on any atom is -0.370 e. The molecule has 2 N–H and O–H groups in total. The van der Waals surface area contributed by atoms with E-state index in [0.29, 0.717) is 39.0 Å². The predicted octanol–water partition coefficient (Wildman–Crippen LogP) is 1.55. The lowest BCUT2D eigenvalue weighted by molar-refractivity contribution is -0.121. The molecule has 0 aliphatic carbocycles. The number of nitrogens with zero attached hydrogens (tertiary/aromatic N) is 1. The van der Waals surface area contributed by atoms with Crippen LogP contribution in [0.3, 0.4) is 0 Å². The molecule has 116 valence electrons. The molecule has 1 aromatic rings. The zero-order valence-electron chi connectivity index (χ0n) is 12.9. The molecule has 0 spiro atoms. The van der Waals surface area contributed by atoms with Gasteiger partial charge in [0, 0.05) is 44.7 Å². The van der Waals surface area contributed by atoms with Crippen LogP contribution >= 0.6 is 0 Å². The lowest BCUT2D eigenvalue weighted by atomic mass is 10.2. The van der Waals surface area contributed by atoms with Crippen molar-refractivity contribution in [2.45, 2.75) is 26.7 Å². The molecule has 1 aromatic carbocycles. The summed E-state index contributed by atoms with van der Waals surface area (Å²) < 4.78 is 0. The van der Waals surface area contributed by atoms with Gasteiger partial charge in [-0.15, -0.1) is 0 Å². The molecular weight excluding hydrogens is 266 g/mol. The van der Waals surface area contributed by atoms with E-state index < -0.39 is 0 Å². The summed E-state index contributed by atoms with van der Waals surface area (Å²) in [6.45, 7) is 6.31. The SMILES string of the molecule is CCNC(=O)CCN(CCC(=O)NCC)c1ccccc1. The molecule has 0 atom stereocenters. The molecule has 0 aliphatic rings. The van der Waals surface area contributed by atoms with Crippen molar-refractivity contribution in [3.63, 3.8) is 0 Å². The first-order valence-electron chi connectivity index (χ1n) is 7.50. The maximum atomic E-state index is 11.6. The summed E-state index contributed by atoms with van der Waals surface area (Å²) in [7, 11) is 0. The van der Waals surface area contributed by atoms with E-state index in [1.807, 2.05) is 44.2 Å². The fraction of sp³-hybridized carbons (Fsp3) is 0.500. The molecule has 0 aliphatic heterocycles. The minimum absolute atomic E-state index is 0.0384. The second-order valence-corrected chi connectivity index (χ2v) is 4.73. The number of hydrogen-bond donors (Lipinski definition) is 2. The van der Waals surface area contributed by atoms with E-state index in [9.17, 15) is 9.59 Å². The zero-order valence-corrected chi connectivity index (χ0v) is 12.9. The zero-order chi connectivity index (χ0) is 15.5. The smallest absolute Gasteiger partial charge is 0.221 e. The van der Waals surface area contributed by atoms with Crippen LogP contribution in [0.4, 0.5) is 5.69 Å². The van der Waals surface area contributed by atoms with Crippen molar-refractivity contribution >= 4 is 17.5 Å². The van der Waals surface area contributed by atoms with E-state index in [0.717, 1.165) is 5.69 Å². The Balaban J connectivity index is 2.58. The third-order valence-electron chi connectivity index (χ3n) is 3.09. The first kappa shape index (κ1) is 17.0. The molecule has 0 unspecified atom stereocenters. The van der Waals surface area contributed by atoms with Crippen molar-refractivity contribution in [3.05, 3.63) is 30.3 Å². The number of hydrogen-bond acceptors (Lipinski definition) is 3. The van der Waals surface area contributed by atoms with Crippen molar-refractivity contribution in [1.29, 1.82) is 0 Å². The van der Waals surface area contributed by atoms with E-state index in [1.54, 1.807) is 0 Å². The highest BCUT2D eigenvalue weighted by Crippen LogP contribution is 2.14. The first-order valence-corrected chi connectivity index (χ1v) is 7.50. The second kappa shape index (κ2) is 9.80. The molecule has 1 rings (SSSR count). The molecular formula is C16H25N3O2. The summed E-state index contributed by atoms with van der Waals surface area (Å²) in [6.07, 6.45) is 0.857. The number of benzene rings is 1. The Labute approximate surface area is 126 Å². The van der Waals surface area contributed by atoms with Crippen molar-refractivity contribution in [2.24, 2.45) is 0 Å². The van der Waals surface area contributed by atoms with Gasteiger partial charge in [0.2, 0.25) is 11.8 Å². The average Bonchev–Trinajstić information content (AvgIpc) is 2.49. The van der Waals surface area contributed by atoms with Gasteiger partial charge in [0.05, 0.1) is 0 Å². The maximum Gasteiger partial charge on any atom is 0.221 e. The van der Waals surface area contributed by atoms with Gasteiger partial charge in [-0.3, -0.25) is 9.59 Å². The molecule has 2 amide bonds. The maximum absolute atomic E-state index is 11.6. The van der Waals surface area contributed by atoms with Crippen LogP contribution in [0.5, 0.6) is 0 Å². The Kier molecular flexibility index (Phi) is 7.94. The van der Waals surface area contributed by atoms with Gasteiger partial charge in [-0.05, 0) is 26.0 Å². The minimum atomic E-state index is 0.0384. The molecule has 5 nitrogen and oxygen atoms in total. The summed E-state index contributed by atoms with van der Waals surface area (Å²) in [6, 6.07) is 9.86. The van der Waals surface area contributed by atoms with Crippen LogP contribution in [-0.4, -0.2) is 38.0 Å². The number of para-hydroxylation sites is 1. The molecule has 0 aromatic heterocycles. The van der Waals surface area contributed by atoms with Crippen LogP contribution in [0, 0.1) is 0 Å². The van der Waals surface area contributed by atoms with Crippen molar-refractivity contribution in [3.8, 4) is 0 Å². The van der Waals surface area contributed by atoms with Crippen molar-refractivity contribution < 1.29 is 9.59 Å². The van der Waals surface area contributed by atoms with Crippen LogP contribution in [0.25, 0.3) is 0 Å². The van der Waals surface area contributed by atoms with Gasteiger partial charge in [0.25, 0.3) is 0 Å². The van der Waals surface area contributed by atoms with E-state index in [1.165, 1.54) is 0 Å². The Hall–Kier alpha value is -2.04. The Bertz CT molecular complexity index is 412. The monoisotopic (exact) mass is 291 g/mol. The first-order chi connectivity index (χ1) is 10.2. The van der Waals surface area contributed by atoms with E-state index >= 15 is 0 Å². The van der Waals surface area contributed by atoms with Crippen LogP contribution in [0.15, 0.2) is 30.3 Å². The molecule has 0 saturated carbocycles. The number of amides is 2. The molecule has 0 radical (unpaired) electrons. The molecule has 0 heterocycles. The topological polar surface area (TPSA) is 61.4 Å². The van der Waals surface area contributed by atoms with E-state index in [2.05, 4.69) is 15.5 Å². The number of rotatable bonds is 9. The molecule has 0 bridgehead atoms. The summed E-state index contributed by atoms with van der Waals surface area (Å²) >= 11 is 0.